The van der Waals surface area contributed by atoms with E-state index >= 15 is 0 Å². The number of carbonyl (C=O) groups is 2. The van der Waals surface area contributed by atoms with Gasteiger partial charge in [-0.15, -0.1) is 0 Å². The van der Waals surface area contributed by atoms with Crippen molar-refractivity contribution in [3.05, 3.63) is 64.9 Å². The highest BCUT2D eigenvalue weighted by Gasteiger charge is 2.38. The number of nitrogens with zero attached hydrogens (tertiary/aromatic N) is 1. The van der Waals surface area contributed by atoms with Gasteiger partial charge in [-0.05, 0) is 48.7 Å². The first-order chi connectivity index (χ1) is 16.3. The minimum Gasteiger partial charge on any atom is -0.497 e. The lowest BCUT2D eigenvalue weighted by atomic mass is 9.93. The average molecular weight is 469 g/mol. The minimum absolute atomic E-state index is 0.00186. The van der Waals surface area contributed by atoms with Gasteiger partial charge >= 0.3 is 12.0 Å². The molecule has 34 heavy (non-hydrogen) atoms. The first kappa shape index (κ1) is 25.0. The number of ether oxygens (including phenoxy) is 4. The van der Waals surface area contributed by atoms with E-state index in [9.17, 15) is 9.59 Å². The fourth-order valence-electron chi connectivity index (χ4n) is 3.78. The lowest BCUT2D eigenvalue weighted by Gasteiger charge is -2.35. The molecule has 1 aliphatic rings. The molecule has 0 unspecified atom stereocenters. The predicted molar refractivity (Wildman–Crippen MR) is 128 cm³/mol. The average Bonchev–Trinajstić information content (AvgIpc) is 2.84. The number of urea groups is 1. The van der Waals surface area contributed by atoms with E-state index < -0.39 is 12.0 Å². The van der Waals surface area contributed by atoms with Crippen LogP contribution in [-0.4, -0.2) is 51.4 Å². The van der Waals surface area contributed by atoms with Gasteiger partial charge in [-0.3, -0.25) is 4.90 Å². The van der Waals surface area contributed by atoms with E-state index in [0.29, 0.717) is 34.4 Å². The highest BCUT2D eigenvalue weighted by atomic mass is 16.5. The predicted octanol–water partition coefficient (Wildman–Crippen LogP) is 4.42. The Balaban J connectivity index is 2.06. The molecule has 1 heterocycles. The van der Waals surface area contributed by atoms with Crippen LogP contribution in [0.3, 0.4) is 0 Å². The summed E-state index contributed by atoms with van der Waals surface area (Å²) in [6, 6.07) is 11.8. The van der Waals surface area contributed by atoms with E-state index in [2.05, 4.69) is 19.2 Å². The SMILES string of the molecule is CCOC(=O)C1=C(COc2ccc(C(C)C)cc2)N(C)C(=O)N[C@@H]1c1cc(OC)ccc1OC. The van der Waals surface area contributed by atoms with E-state index in [1.165, 1.54) is 17.6 Å². The number of carbonyl (C=O) groups excluding carboxylic acids is 2. The number of esters is 1. The van der Waals surface area contributed by atoms with Crippen LogP contribution in [0.2, 0.25) is 0 Å². The van der Waals surface area contributed by atoms with Crippen molar-refractivity contribution in [2.24, 2.45) is 0 Å². The normalized spacial score (nSPS) is 15.8. The zero-order valence-electron chi connectivity index (χ0n) is 20.5. The lowest BCUT2D eigenvalue weighted by Crippen LogP contribution is -2.48. The summed E-state index contributed by atoms with van der Waals surface area (Å²) in [5.74, 6) is 1.56. The Morgan fingerprint density at radius 3 is 2.32 bits per heavy atom. The second-order valence-corrected chi connectivity index (χ2v) is 8.14. The van der Waals surface area contributed by atoms with Crippen LogP contribution in [0.15, 0.2) is 53.7 Å². The fraction of sp³-hybridized carbons (Fsp3) is 0.385. The number of rotatable bonds is 9. The smallest absolute Gasteiger partial charge is 0.338 e. The molecule has 0 aliphatic carbocycles. The van der Waals surface area contributed by atoms with Crippen molar-refractivity contribution in [1.29, 1.82) is 0 Å². The Bertz CT molecular complexity index is 1060. The van der Waals surface area contributed by atoms with Crippen LogP contribution in [0.1, 0.15) is 43.9 Å². The number of methoxy groups -OCH3 is 2. The molecule has 1 atom stereocenters. The molecule has 3 rings (SSSR count). The molecule has 0 fully saturated rings. The van der Waals surface area contributed by atoms with Crippen LogP contribution in [0, 0.1) is 0 Å². The van der Waals surface area contributed by atoms with E-state index in [1.54, 1.807) is 39.3 Å². The van der Waals surface area contributed by atoms with Crippen molar-refractivity contribution >= 4 is 12.0 Å². The number of hydrogen-bond donors (Lipinski definition) is 1. The topological polar surface area (TPSA) is 86.3 Å². The molecule has 8 heteroatoms. The van der Waals surface area contributed by atoms with Crippen LogP contribution in [0.4, 0.5) is 4.79 Å². The summed E-state index contributed by atoms with van der Waals surface area (Å²) in [6.45, 7) is 6.16. The summed E-state index contributed by atoms with van der Waals surface area (Å²) >= 11 is 0. The Hall–Kier alpha value is -3.68. The van der Waals surface area contributed by atoms with Gasteiger partial charge in [0.05, 0.1) is 38.1 Å². The third kappa shape index (κ3) is 5.27. The molecule has 0 bridgehead atoms. The van der Waals surface area contributed by atoms with Crippen LogP contribution >= 0.6 is 0 Å². The molecule has 0 saturated carbocycles. The van der Waals surface area contributed by atoms with Gasteiger partial charge in [0, 0.05) is 12.6 Å². The molecule has 0 aromatic heterocycles. The zero-order chi connectivity index (χ0) is 24.8. The van der Waals surface area contributed by atoms with Gasteiger partial charge in [0.25, 0.3) is 0 Å². The van der Waals surface area contributed by atoms with Gasteiger partial charge in [0.1, 0.15) is 23.9 Å². The van der Waals surface area contributed by atoms with Crippen LogP contribution in [0.25, 0.3) is 0 Å². The molecule has 1 N–H and O–H groups in total. The molecule has 2 aromatic carbocycles. The van der Waals surface area contributed by atoms with Gasteiger partial charge in [0.2, 0.25) is 0 Å². The molecule has 0 radical (unpaired) electrons. The molecule has 0 spiro atoms. The van der Waals surface area contributed by atoms with Crippen molar-refractivity contribution in [2.45, 2.75) is 32.7 Å². The second kappa shape index (κ2) is 11.0. The Morgan fingerprint density at radius 1 is 1.06 bits per heavy atom. The Kier molecular flexibility index (Phi) is 8.04. The molecule has 182 valence electrons. The van der Waals surface area contributed by atoms with Crippen LogP contribution < -0.4 is 19.5 Å². The quantitative estimate of drug-likeness (QED) is 0.549. The molecular formula is C26H32N2O6. The van der Waals surface area contributed by atoms with Crippen LogP contribution in [-0.2, 0) is 9.53 Å². The highest BCUT2D eigenvalue weighted by molar-refractivity contribution is 5.95. The van der Waals surface area contributed by atoms with E-state index in [1.807, 2.05) is 24.3 Å². The minimum atomic E-state index is -0.810. The Morgan fingerprint density at radius 2 is 1.74 bits per heavy atom. The summed E-state index contributed by atoms with van der Waals surface area (Å²) in [7, 11) is 4.67. The third-order valence-corrected chi connectivity index (χ3v) is 5.74. The summed E-state index contributed by atoms with van der Waals surface area (Å²) < 4.78 is 22.2. The fourth-order valence-corrected chi connectivity index (χ4v) is 3.78. The maximum absolute atomic E-state index is 13.1. The van der Waals surface area contributed by atoms with Crippen molar-refractivity contribution in [2.75, 3.05) is 34.5 Å². The summed E-state index contributed by atoms with van der Waals surface area (Å²) in [5, 5.41) is 2.88. The maximum Gasteiger partial charge on any atom is 0.338 e. The first-order valence-electron chi connectivity index (χ1n) is 11.2. The Labute approximate surface area is 200 Å². The van der Waals surface area contributed by atoms with Crippen molar-refractivity contribution in [3.8, 4) is 17.2 Å². The first-order valence-corrected chi connectivity index (χ1v) is 11.2. The van der Waals surface area contributed by atoms with Gasteiger partial charge in [-0.2, -0.15) is 0 Å². The molecular weight excluding hydrogens is 436 g/mol. The molecule has 0 saturated heterocycles. The third-order valence-electron chi connectivity index (χ3n) is 5.74. The van der Waals surface area contributed by atoms with E-state index in [4.69, 9.17) is 18.9 Å². The number of hydrogen-bond acceptors (Lipinski definition) is 6. The maximum atomic E-state index is 13.1. The van der Waals surface area contributed by atoms with Gasteiger partial charge in [-0.25, -0.2) is 9.59 Å². The van der Waals surface area contributed by atoms with Gasteiger partial charge in [-0.1, -0.05) is 26.0 Å². The van der Waals surface area contributed by atoms with E-state index in [-0.39, 0.29) is 24.8 Å². The molecule has 2 aromatic rings. The lowest BCUT2D eigenvalue weighted by molar-refractivity contribution is -0.139. The molecule has 2 amide bonds. The number of nitrogens with one attached hydrogen (secondary N) is 1. The second-order valence-electron chi connectivity index (χ2n) is 8.14. The van der Waals surface area contributed by atoms with Crippen molar-refractivity contribution < 1.29 is 28.5 Å². The van der Waals surface area contributed by atoms with Crippen molar-refractivity contribution in [1.82, 2.24) is 10.2 Å². The summed E-state index contributed by atoms with van der Waals surface area (Å²) in [5.41, 5.74) is 2.45. The number of amides is 2. The number of benzene rings is 2. The van der Waals surface area contributed by atoms with Gasteiger partial charge in [0.15, 0.2) is 0 Å². The molecule has 1 aliphatic heterocycles. The zero-order valence-corrected chi connectivity index (χ0v) is 20.5. The van der Waals surface area contributed by atoms with Gasteiger partial charge < -0.3 is 24.3 Å². The monoisotopic (exact) mass is 468 g/mol. The van der Waals surface area contributed by atoms with Crippen molar-refractivity contribution in [3.63, 3.8) is 0 Å². The number of likely N-dealkylation sites (N-methyl/N-ethyl adjacent to an activating group) is 1. The summed E-state index contributed by atoms with van der Waals surface area (Å²) in [6.07, 6.45) is 0. The standard InChI is InChI=1S/C26H32N2O6/c1-7-33-25(29)23-21(15-34-18-10-8-17(9-11-18)16(2)3)28(4)26(30)27-24(23)20-14-19(31-5)12-13-22(20)32-6/h8-14,16,24H,7,15H2,1-6H3,(H,27,30)/t24-/m1/s1. The van der Waals surface area contributed by atoms with E-state index in [0.717, 1.165) is 0 Å². The summed E-state index contributed by atoms with van der Waals surface area (Å²) in [4.78, 5) is 27.4. The largest absolute Gasteiger partial charge is 0.497 e. The highest BCUT2D eigenvalue weighted by Crippen LogP contribution is 2.37. The van der Waals surface area contributed by atoms with Crippen LogP contribution in [0.5, 0.6) is 17.2 Å². The molecule has 8 nitrogen and oxygen atoms in total.